The van der Waals surface area contributed by atoms with Gasteiger partial charge in [0, 0.05) is 24.2 Å². The number of aliphatic hydroxyl groups is 1. The zero-order chi connectivity index (χ0) is 13.8. The number of aromatic nitrogens is 2. The van der Waals surface area contributed by atoms with Gasteiger partial charge in [-0.3, -0.25) is 0 Å². The first-order valence-corrected chi connectivity index (χ1v) is 5.62. The molecule has 0 aliphatic rings. The van der Waals surface area contributed by atoms with E-state index in [0.717, 1.165) is 12.1 Å². The van der Waals surface area contributed by atoms with E-state index in [1.807, 2.05) is 0 Å². The topological polar surface area (TPSA) is 55.2 Å². The summed E-state index contributed by atoms with van der Waals surface area (Å²) < 4.78 is 32.2. The summed E-state index contributed by atoms with van der Waals surface area (Å²) in [5.41, 5.74) is 0.289. The number of hydrogen-bond donors (Lipinski definition) is 1. The maximum absolute atomic E-state index is 13.9. The molecule has 0 aliphatic heterocycles. The highest BCUT2D eigenvalue weighted by Gasteiger charge is 2.13. The third kappa shape index (κ3) is 2.85. The normalized spacial score (nSPS) is 10.5. The lowest BCUT2D eigenvalue weighted by Gasteiger charge is -2.07. The first kappa shape index (κ1) is 13.4. The highest BCUT2D eigenvalue weighted by molar-refractivity contribution is 5.61. The van der Waals surface area contributed by atoms with Crippen LogP contribution in [0.25, 0.3) is 11.3 Å². The van der Waals surface area contributed by atoms with Crippen molar-refractivity contribution >= 4 is 0 Å². The minimum Gasteiger partial charge on any atom is -0.494 e. The van der Waals surface area contributed by atoms with Crippen LogP contribution in [0.4, 0.5) is 8.78 Å². The van der Waals surface area contributed by atoms with E-state index in [0.29, 0.717) is 5.82 Å². The van der Waals surface area contributed by atoms with Crippen LogP contribution in [0.2, 0.25) is 0 Å². The van der Waals surface area contributed by atoms with Gasteiger partial charge in [0.1, 0.15) is 11.6 Å². The van der Waals surface area contributed by atoms with Crippen LogP contribution in [0.5, 0.6) is 5.75 Å². The molecule has 1 heterocycles. The second-order valence-corrected chi connectivity index (χ2v) is 3.80. The molecule has 2 rings (SSSR count). The maximum atomic E-state index is 13.9. The average Bonchev–Trinajstić information content (AvgIpc) is 2.41. The predicted octanol–water partition coefficient (Wildman–Crippen LogP) is 1.97. The monoisotopic (exact) mass is 266 g/mol. The summed E-state index contributed by atoms with van der Waals surface area (Å²) in [6.45, 7) is -0.108. The van der Waals surface area contributed by atoms with Crippen molar-refractivity contribution in [3.8, 4) is 17.0 Å². The van der Waals surface area contributed by atoms with Crippen molar-refractivity contribution in [1.82, 2.24) is 9.97 Å². The molecular weight excluding hydrogens is 254 g/mol. The van der Waals surface area contributed by atoms with Crippen LogP contribution in [0.3, 0.4) is 0 Å². The molecule has 0 bridgehead atoms. The van der Waals surface area contributed by atoms with E-state index in [1.165, 1.54) is 19.4 Å². The third-order valence-electron chi connectivity index (χ3n) is 2.56. The van der Waals surface area contributed by atoms with Gasteiger partial charge in [-0.1, -0.05) is 0 Å². The average molecular weight is 266 g/mol. The minimum atomic E-state index is -0.666. The van der Waals surface area contributed by atoms with Gasteiger partial charge in [0.05, 0.1) is 19.4 Å². The number of benzene rings is 1. The van der Waals surface area contributed by atoms with Gasteiger partial charge in [-0.15, -0.1) is 0 Å². The molecule has 19 heavy (non-hydrogen) atoms. The summed E-state index contributed by atoms with van der Waals surface area (Å²) in [6.07, 6.45) is 1.70. The molecule has 2 aromatic rings. The summed E-state index contributed by atoms with van der Waals surface area (Å²) >= 11 is 0. The largest absolute Gasteiger partial charge is 0.494 e. The Hall–Kier alpha value is -2.08. The number of aliphatic hydroxyl groups excluding tert-OH is 1. The van der Waals surface area contributed by atoms with Crippen molar-refractivity contribution in [3.63, 3.8) is 0 Å². The van der Waals surface area contributed by atoms with E-state index in [-0.39, 0.29) is 30.0 Å². The summed E-state index contributed by atoms with van der Waals surface area (Å²) in [6, 6.07) is 3.48. The second-order valence-electron chi connectivity index (χ2n) is 3.80. The molecule has 0 aliphatic carbocycles. The molecular formula is C13H12F2N2O2. The van der Waals surface area contributed by atoms with Crippen LogP contribution < -0.4 is 4.74 Å². The highest BCUT2D eigenvalue weighted by atomic mass is 19.1. The molecule has 0 spiro atoms. The SMILES string of the molecule is COc1cc(F)c(-c2ccnc(CCO)n2)cc1F. The van der Waals surface area contributed by atoms with E-state index in [9.17, 15) is 8.78 Å². The molecule has 1 aromatic heterocycles. The van der Waals surface area contributed by atoms with Gasteiger partial charge in [-0.2, -0.15) is 0 Å². The number of methoxy groups -OCH3 is 1. The van der Waals surface area contributed by atoms with Gasteiger partial charge in [0.15, 0.2) is 11.6 Å². The lowest BCUT2D eigenvalue weighted by atomic mass is 10.1. The fourth-order valence-electron chi connectivity index (χ4n) is 1.65. The molecule has 0 unspecified atom stereocenters. The number of nitrogens with zero attached hydrogens (tertiary/aromatic N) is 2. The van der Waals surface area contributed by atoms with Crippen molar-refractivity contribution in [3.05, 3.63) is 41.9 Å². The number of rotatable bonds is 4. The summed E-state index contributed by atoms with van der Waals surface area (Å²) in [5, 5.41) is 8.82. The minimum absolute atomic E-state index is 0.0277. The Kier molecular flexibility index (Phi) is 4.01. The summed E-state index contributed by atoms with van der Waals surface area (Å²) in [7, 11) is 1.27. The summed E-state index contributed by atoms with van der Waals surface area (Å²) in [4.78, 5) is 8.00. The van der Waals surface area contributed by atoms with Gasteiger partial charge in [-0.05, 0) is 12.1 Å². The Bertz CT molecular complexity index is 591. The van der Waals surface area contributed by atoms with Crippen molar-refractivity contribution in [1.29, 1.82) is 0 Å². The number of ether oxygens (including phenoxy) is 1. The lowest BCUT2D eigenvalue weighted by molar-refractivity contribution is 0.296. The van der Waals surface area contributed by atoms with Crippen LogP contribution in [0.15, 0.2) is 24.4 Å². The van der Waals surface area contributed by atoms with Crippen LogP contribution >= 0.6 is 0 Å². The molecule has 0 fully saturated rings. The van der Waals surface area contributed by atoms with Gasteiger partial charge < -0.3 is 9.84 Å². The highest BCUT2D eigenvalue weighted by Crippen LogP contribution is 2.27. The van der Waals surface area contributed by atoms with Crippen LogP contribution in [0.1, 0.15) is 5.82 Å². The molecule has 0 amide bonds. The Balaban J connectivity index is 2.46. The van der Waals surface area contributed by atoms with Gasteiger partial charge in [0.2, 0.25) is 0 Å². The molecule has 100 valence electrons. The van der Waals surface area contributed by atoms with Crippen molar-refractivity contribution in [2.24, 2.45) is 0 Å². The fourth-order valence-corrected chi connectivity index (χ4v) is 1.65. The zero-order valence-electron chi connectivity index (χ0n) is 10.2. The first-order valence-electron chi connectivity index (χ1n) is 5.62. The lowest BCUT2D eigenvalue weighted by Crippen LogP contribution is -2.00. The zero-order valence-corrected chi connectivity index (χ0v) is 10.2. The van der Waals surface area contributed by atoms with E-state index < -0.39 is 11.6 Å². The summed E-state index contributed by atoms with van der Waals surface area (Å²) in [5.74, 6) is -1.09. The van der Waals surface area contributed by atoms with Gasteiger partial charge in [0.25, 0.3) is 0 Å². The third-order valence-corrected chi connectivity index (χ3v) is 2.56. The van der Waals surface area contributed by atoms with Crippen molar-refractivity contribution < 1.29 is 18.6 Å². The van der Waals surface area contributed by atoms with Gasteiger partial charge in [-0.25, -0.2) is 18.7 Å². The molecule has 0 radical (unpaired) electrons. The van der Waals surface area contributed by atoms with Gasteiger partial charge >= 0.3 is 0 Å². The van der Waals surface area contributed by atoms with E-state index in [2.05, 4.69) is 9.97 Å². The molecule has 1 aromatic carbocycles. The van der Waals surface area contributed by atoms with E-state index in [4.69, 9.17) is 9.84 Å². The number of hydrogen-bond acceptors (Lipinski definition) is 4. The van der Waals surface area contributed by atoms with Crippen molar-refractivity contribution in [2.75, 3.05) is 13.7 Å². The van der Waals surface area contributed by atoms with E-state index in [1.54, 1.807) is 0 Å². The smallest absolute Gasteiger partial charge is 0.165 e. The van der Waals surface area contributed by atoms with Crippen LogP contribution in [-0.4, -0.2) is 28.8 Å². The number of halogens is 2. The molecule has 0 saturated heterocycles. The Morgan fingerprint density at radius 3 is 2.74 bits per heavy atom. The first-order chi connectivity index (χ1) is 9.15. The Morgan fingerprint density at radius 1 is 1.26 bits per heavy atom. The Morgan fingerprint density at radius 2 is 2.05 bits per heavy atom. The maximum Gasteiger partial charge on any atom is 0.165 e. The van der Waals surface area contributed by atoms with Crippen LogP contribution in [0, 0.1) is 11.6 Å². The molecule has 0 saturated carbocycles. The molecule has 4 nitrogen and oxygen atoms in total. The second kappa shape index (κ2) is 5.71. The Labute approximate surface area is 108 Å². The quantitative estimate of drug-likeness (QED) is 0.919. The standard InChI is InChI=1S/C13H12F2N2O2/c1-19-12-7-9(14)8(6-10(12)15)11-2-4-16-13(17-11)3-5-18/h2,4,6-7,18H,3,5H2,1H3. The van der Waals surface area contributed by atoms with Crippen LogP contribution in [-0.2, 0) is 6.42 Å². The molecule has 0 atom stereocenters. The molecule has 6 heteroatoms. The van der Waals surface area contributed by atoms with E-state index >= 15 is 0 Å². The van der Waals surface area contributed by atoms with Crippen molar-refractivity contribution in [2.45, 2.75) is 6.42 Å². The fraction of sp³-hybridized carbons (Fsp3) is 0.231. The predicted molar refractivity (Wildman–Crippen MR) is 64.7 cm³/mol. The molecule has 1 N–H and O–H groups in total.